The van der Waals surface area contributed by atoms with Crippen LogP contribution in [0.25, 0.3) is 0 Å². The Bertz CT molecular complexity index is 874. The predicted octanol–water partition coefficient (Wildman–Crippen LogP) is 1.51. The number of carbonyl (C=O) groups is 1. The Morgan fingerprint density at radius 2 is 2.31 bits per heavy atom. The fourth-order valence-electron chi connectivity index (χ4n) is 6.29. The van der Waals surface area contributed by atoms with E-state index in [0.29, 0.717) is 12.5 Å². The molecule has 0 saturated carbocycles. The highest BCUT2D eigenvalue weighted by atomic mass is 16.5. The number of fused-ring (bicyclic) bond motifs is 1. The smallest absolute Gasteiger partial charge is 0.335 e. The van der Waals surface area contributed by atoms with Crippen LogP contribution in [0.2, 0.25) is 0 Å². The van der Waals surface area contributed by atoms with Gasteiger partial charge < -0.3 is 20.1 Å². The Balaban J connectivity index is 1.83. The number of methoxy groups -OCH3 is 1. The number of rotatable bonds is 2. The third-order valence-corrected chi connectivity index (χ3v) is 7.23. The van der Waals surface area contributed by atoms with Gasteiger partial charge in [0, 0.05) is 29.3 Å². The summed E-state index contributed by atoms with van der Waals surface area (Å²) in [5.41, 5.74) is 3.72. The third-order valence-electron chi connectivity index (χ3n) is 7.23. The maximum atomic E-state index is 12.7. The standard InChI is InChI=1S/C21H24N2O3/c1-3-20-7-4-9-23-10-8-21(19(20)23)15-6-5-13(24)11-16(15)22-17(21)14(12-20)18(25)26-2/h4-7,11,19,22,24H,3,8-10,12H2,1-2H3/p+1/t19-,20-,21-/m0/s1. The normalized spacial score (nSPS) is 36.2. The molecule has 0 bridgehead atoms. The molecule has 3 N–H and O–H groups in total. The predicted molar refractivity (Wildman–Crippen MR) is 98.0 cm³/mol. The van der Waals surface area contributed by atoms with E-state index in [1.807, 2.05) is 6.07 Å². The lowest BCUT2D eigenvalue weighted by Crippen LogP contribution is -3.17. The minimum absolute atomic E-state index is 0.0295. The number of quaternary nitrogens is 1. The lowest BCUT2D eigenvalue weighted by Gasteiger charge is -2.50. The monoisotopic (exact) mass is 353 g/mol. The number of benzene rings is 1. The van der Waals surface area contributed by atoms with Crippen molar-refractivity contribution >= 4 is 11.7 Å². The van der Waals surface area contributed by atoms with Crippen molar-refractivity contribution in [1.29, 1.82) is 0 Å². The summed E-state index contributed by atoms with van der Waals surface area (Å²) < 4.78 is 5.18. The zero-order valence-corrected chi connectivity index (χ0v) is 15.3. The molecule has 3 heterocycles. The Labute approximate surface area is 153 Å². The maximum absolute atomic E-state index is 12.7. The summed E-state index contributed by atoms with van der Waals surface area (Å²) in [5, 5.41) is 13.5. The molecule has 1 aromatic rings. The lowest BCUT2D eigenvalue weighted by atomic mass is 9.55. The van der Waals surface area contributed by atoms with E-state index in [-0.39, 0.29) is 22.5 Å². The molecule has 1 aliphatic carbocycles. The van der Waals surface area contributed by atoms with Crippen LogP contribution in [-0.4, -0.2) is 37.3 Å². The van der Waals surface area contributed by atoms with Gasteiger partial charge in [0.1, 0.15) is 11.8 Å². The summed E-state index contributed by atoms with van der Waals surface area (Å²) in [7, 11) is 1.46. The van der Waals surface area contributed by atoms with Gasteiger partial charge >= 0.3 is 5.97 Å². The molecule has 4 aliphatic rings. The number of nitrogens with one attached hydrogen (secondary N) is 2. The van der Waals surface area contributed by atoms with Crippen LogP contribution in [0, 0.1) is 5.41 Å². The van der Waals surface area contributed by atoms with Crippen LogP contribution in [0.3, 0.4) is 0 Å². The van der Waals surface area contributed by atoms with Crippen molar-refractivity contribution in [3.63, 3.8) is 0 Å². The molecule has 0 radical (unpaired) electrons. The highest BCUT2D eigenvalue weighted by molar-refractivity contribution is 5.93. The Hall–Kier alpha value is -2.27. The average Bonchev–Trinajstić information content (AvgIpc) is 3.20. The SMILES string of the molecule is CC[C@]12C=CC[NH+]3CC[C@]4(C(=C(C(=O)OC)C1)Nc1cc(O)ccc14)[C@@H]32. The van der Waals surface area contributed by atoms with Gasteiger partial charge in [-0.2, -0.15) is 0 Å². The minimum Gasteiger partial charge on any atom is -0.508 e. The molecular formula is C21H25N2O3+. The van der Waals surface area contributed by atoms with E-state index < -0.39 is 0 Å². The van der Waals surface area contributed by atoms with Crippen molar-refractivity contribution in [2.45, 2.75) is 37.6 Å². The van der Waals surface area contributed by atoms with Crippen molar-refractivity contribution < 1.29 is 19.5 Å². The highest BCUT2D eigenvalue weighted by Crippen LogP contribution is 2.60. The molecule has 1 aromatic carbocycles. The summed E-state index contributed by atoms with van der Waals surface area (Å²) >= 11 is 0. The number of esters is 1. The van der Waals surface area contributed by atoms with E-state index in [1.54, 1.807) is 17.0 Å². The number of aromatic hydroxyl groups is 1. The van der Waals surface area contributed by atoms with Crippen molar-refractivity contribution in [3.8, 4) is 5.75 Å². The van der Waals surface area contributed by atoms with E-state index in [0.717, 1.165) is 42.9 Å². The molecule has 0 aromatic heterocycles. The van der Waals surface area contributed by atoms with Gasteiger partial charge in [0.2, 0.25) is 0 Å². The lowest BCUT2D eigenvalue weighted by molar-refractivity contribution is -0.918. The first-order valence-electron chi connectivity index (χ1n) is 9.50. The van der Waals surface area contributed by atoms with Crippen LogP contribution in [0.15, 0.2) is 41.6 Å². The van der Waals surface area contributed by atoms with E-state index in [4.69, 9.17) is 4.74 Å². The first kappa shape index (κ1) is 15.9. The van der Waals surface area contributed by atoms with Gasteiger partial charge in [0.25, 0.3) is 0 Å². The number of anilines is 1. The fourth-order valence-corrected chi connectivity index (χ4v) is 6.29. The number of hydrogen-bond donors (Lipinski definition) is 3. The van der Waals surface area contributed by atoms with Crippen LogP contribution >= 0.6 is 0 Å². The molecule has 4 atom stereocenters. The highest BCUT2D eigenvalue weighted by Gasteiger charge is 2.68. The number of ether oxygens (including phenoxy) is 1. The average molecular weight is 353 g/mol. The van der Waals surface area contributed by atoms with Gasteiger partial charge in [-0.3, -0.25) is 0 Å². The van der Waals surface area contributed by atoms with Crippen LogP contribution in [0.4, 0.5) is 5.69 Å². The second kappa shape index (κ2) is 5.13. The largest absolute Gasteiger partial charge is 0.508 e. The van der Waals surface area contributed by atoms with Crippen LogP contribution in [0.1, 0.15) is 31.7 Å². The van der Waals surface area contributed by atoms with Gasteiger partial charge in [-0.05, 0) is 30.5 Å². The second-order valence-electron chi connectivity index (χ2n) is 8.13. The number of hydrogen-bond acceptors (Lipinski definition) is 4. The van der Waals surface area contributed by atoms with E-state index in [1.165, 1.54) is 12.7 Å². The molecule has 1 unspecified atom stereocenters. The molecule has 1 fully saturated rings. The number of carbonyl (C=O) groups excluding carboxylic acids is 1. The zero-order chi connectivity index (χ0) is 18.1. The Morgan fingerprint density at radius 3 is 3.08 bits per heavy atom. The van der Waals surface area contributed by atoms with E-state index in [9.17, 15) is 9.90 Å². The van der Waals surface area contributed by atoms with Gasteiger partial charge in [-0.15, -0.1) is 0 Å². The molecule has 5 nitrogen and oxygen atoms in total. The van der Waals surface area contributed by atoms with Crippen molar-refractivity contribution in [3.05, 3.63) is 47.2 Å². The number of phenolic OH excluding ortho intramolecular Hbond substituents is 1. The minimum atomic E-state index is -0.234. The topological polar surface area (TPSA) is 63.0 Å². The van der Waals surface area contributed by atoms with Gasteiger partial charge in [-0.25, -0.2) is 4.79 Å². The van der Waals surface area contributed by atoms with Crippen LogP contribution in [0.5, 0.6) is 5.75 Å². The zero-order valence-electron chi connectivity index (χ0n) is 15.3. The maximum Gasteiger partial charge on any atom is 0.335 e. The van der Waals surface area contributed by atoms with E-state index in [2.05, 4.69) is 24.4 Å². The third kappa shape index (κ3) is 1.72. The Kier molecular flexibility index (Phi) is 3.15. The first-order valence-corrected chi connectivity index (χ1v) is 9.50. The molecule has 26 heavy (non-hydrogen) atoms. The van der Waals surface area contributed by atoms with Crippen molar-refractivity contribution in [2.75, 3.05) is 25.5 Å². The van der Waals surface area contributed by atoms with Crippen molar-refractivity contribution in [2.24, 2.45) is 5.41 Å². The first-order chi connectivity index (χ1) is 12.6. The molecular weight excluding hydrogens is 328 g/mol. The van der Waals surface area contributed by atoms with Gasteiger partial charge in [-0.1, -0.05) is 19.1 Å². The Morgan fingerprint density at radius 1 is 1.46 bits per heavy atom. The summed E-state index contributed by atoms with van der Waals surface area (Å²) in [6.07, 6.45) is 7.39. The molecule has 5 rings (SSSR count). The van der Waals surface area contributed by atoms with Gasteiger partial charge in [0.15, 0.2) is 0 Å². The molecule has 0 amide bonds. The van der Waals surface area contributed by atoms with E-state index >= 15 is 0 Å². The summed E-state index contributed by atoms with van der Waals surface area (Å²) in [4.78, 5) is 14.3. The molecule has 3 aliphatic heterocycles. The van der Waals surface area contributed by atoms with Crippen LogP contribution < -0.4 is 10.2 Å². The van der Waals surface area contributed by atoms with Crippen LogP contribution in [-0.2, 0) is 14.9 Å². The van der Waals surface area contributed by atoms with Crippen molar-refractivity contribution in [1.82, 2.24) is 0 Å². The molecule has 136 valence electrons. The molecule has 1 saturated heterocycles. The number of phenols is 1. The quantitative estimate of drug-likeness (QED) is 0.557. The second-order valence-corrected chi connectivity index (χ2v) is 8.13. The summed E-state index contributed by atoms with van der Waals surface area (Å²) in [6, 6.07) is 6.02. The van der Waals surface area contributed by atoms with Gasteiger partial charge in [0.05, 0.1) is 31.2 Å². The molecule has 5 heteroatoms. The fraction of sp³-hybridized carbons (Fsp3) is 0.476. The summed E-state index contributed by atoms with van der Waals surface area (Å²) in [5.74, 6) is 0.0154. The molecule has 1 spiro atoms. The summed E-state index contributed by atoms with van der Waals surface area (Å²) in [6.45, 7) is 4.37.